The van der Waals surface area contributed by atoms with E-state index >= 15 is 0 Å². The predicted molar refractivity (Wildman–Crippen MR) is 56.6 cm³/mol. The summed E-state index contributed by atoms with van der Waals surface area (Å²) in [5.41, 5.74) is -0.661. The first-order chi connectivity index (χ1) is 7.94. The molecular weight excluding hydrogens is 250 g/mol. The van der Waals surface area contributed by atoms with Crippen LogP contribution in [-0.2, 0) is 10.0 Å². The van der Waals surface area contributed by atoms with E-state index in [1.54, 1.807) is 6.07 Å². The van der Waals surface area contributed by atoms with Crippen molar-refractivity contribution in [2.45, 2.75) is 18.1 Å². The first kappa shape index (κ1) is 11.8. The highest BCUT2D eigenvalue weighted by Gasteiger charge is 2.36. The highest BCUT2D eigenvalue weighted by Crippen LogP contribution is 2.31. The number of hydrogen-bond donors (Lipinski definition) is 1. The van der Waals surface area contributed by atoms with Crippen LogP contribution in [0.3, 0.4) is 0 Å². The molecule has 4 nitrogen and oxygen atoms in total. The summed E-state index contributed by atoms with van der Waals surface area (Å²) >= 11 is 0. The Hall–Kier alpha value is -1.68. The standard InChI is InChI=1S/C10H8F2N2O2S/c11-8-3-6(5-13)4-9(10(8)12)14-17(15,16)7-1-2-7/h3-4,7,14H,1-2H2. The van der Waals surface area contributed by atoms with Crippen LogP contribution in [0, 0.1) is 23.0 Å². The van der Waals surface area contributed by atoms with Crippen molar-refractivity contribution in [1.82, 2.24) is 0 Å². The fourth-order valence-corrected chi connectivity index (χ4v) is 2.72. The molecule has 0 atom stereocenters. The van der Waals surface area contributed by atoms with Crippen molar-refractivity contribution in [3.8, 4) is 6.07 Å². The average molecular weight is 258 g/mol. The summed E-state index contributed by atoms with van der Waals surface area (Å²) < 4.78 is 51.4. The molecule has 1 fully saturated rings. The molecule has 0 unspecified atom stereocenters. The molecule has 0 saturated heterocycles. The molecule has 1 saturated carbocycles. The summed E-state index contributed by atoms with van der Waals surface area (Å²) in [6, 6.07) is 3.31. The van der Waals surface area contributed by atoms with Crippen LogP contribution in [0.2, 0.25) is 0 Å². The fourth-order valence-electron chi connectivity index (χ4n) is 1.34. The van der Waals surface area contributed by atoms with Gasteiger partial charge in [0.05, 0.1) is 22.6 Å². The maximum Gasteiger partial charge on any atom is 0.235 e. The molecule has 0 bridgehead atoms. The van der Waals surface area contributed by atoms with Gasteiger partial charge in [-0.15, -0.1) is 0 Å². The fraction of sp³-hybridized carbons (Fsp3) is 0.300. The van der Waals surface area contributed by atoms with Crippen LogP contribution < -0.4 is 4.72 Å². The zero-order chi connectivity index (χ0) is 12.6. The van der Waals surface area contributed by atoms with E-state index in [2.05, 4.69) is 0 Å². The van der Waals surface area contributed by atoms with E-state index in [0.29, 0.717) is 18.9 Å². The molecule has 90 valence electrons. The zero-order valence-electron chi connectivity index (χ0n) is 8.57. The molecule has 0 aliphatic heterocycles. The van der Waals surface area contributed by atoms with Gasteiger partial charge in [-0.2, -0.15) is 5.26 Å². The lowest BCUT2D eigenvalue weighted by atomic mass is 10.2. The van der Waals surface area contributed by atoms with Crippen LogP contribution in [0.15, 0.2) is 12.1 Å². The summed E-state index contributed by atoms with van der Waals surface area (Å²) in [6.07, 6.45) is 1.02. The van der Waals surface area contributed by atoms with Crippen LogP contribution in [0.5, 0.6) is 0 Å². The second-order valence-corrected chi connectivity index (χ2v) is 5.74. The third-order valence-corrected chi connectivity index (χ3v) is 4.23. The number of anilines is 1. The van der Waals surface area contributed by atoms with E-state index in [1.165, 1.54) is 0 Å². The third-order valence-electron chi connectivity index (χ3n) is 2.37. The van der Waals surface area contributed by atoms with Crippen molar-refractivity contribution < 1.29 is 17.2 Å². The van der Waals surface area contributed by atoms with Crippen LogP contribution in [0.25, 0.3) is 0 Å². The SMILES string of the molecule is N#Cc1cc(F)c(F)c(NS(=O)(=O)C2CC2)c1. The van der Waals surface area contributed by atoms with E-state index in [1.807, 2.05) is 4.72 Å². The van der Waals surface area contributed by atoms with Crippen LogP contribution in [0.4, 0.5) is 14.5 Å². The minimum atomic E-state index is -3.67. The monoisotopic (exact) mass is 258 g/mol. The van der Waals surface area contributed by atoms with E-state index in [-0.39, 0.29) is 5.56 Å². The Morgan fingerprint density at radius 3 is 2.53 bits per heavy atom. The van der Waals surface area contributed by atoms with Gasteiger partial charge in [0, 0.05) is 0 Å². The summed E-state index contributed by atoms with van der Waals surface area (Å²) in [7, 11) is -3.67. The van der Waals surface area contributed by atoms with Crippen molar-refractivity contribution in [2.24, 2.45) is 0 Å². The largest absolute Gasteiger partial charge is 0.280 e. The Kier molecular flexibility index (Phi) is 2.75. The number of hydrogen-bond acceptors (Lipinski definition) is 3. The molecule has 1 aliphatic carbocycles. The molecule has 1 aromatic carbocycles. The molecule has 17 heavy (non-hydrogen) atoms. The second kappa shape index (κ2) is 3.96. The van der Waals surface area contributed by atoms with Gasteiger partial charge in [0.25, 0.3) is 0 Å². The normalized spacial score (nSPS) is 15.4. The molecule has 0 aromatic heterocycles. The number of rotatable bonds is 3. The van der Waals surface area contributed by atoms with Gasteiger partial charge in [0.1, 0.15) is 0 Å². The van der Waals surface area contributed by atoms with Crippen molar-refractivity contribution in [2.75, 3.05) is 4.72 Å². The van der Waals surface area contributed by atoms with E-state index in [0.717, 1.165) is 6.07 Å². The van der Waals surface area contributed by atoms with Crippen molar-refractivity contribution in [1.29, 1.82) is 5.26 Å². The van der Waals surface area contributed by atoms with Gasteiger partial charge in [-0.1, -0.05) is 0 Å². The van der Waals surface area contributed by atoms with Gasteiger partial charge in [0.15, 0.2) is 11.6 Å². The maximum atomic E-state index is 13.3. The van der Waals surface area contributed by atoms with E-state index in [4.69, 9.17) is 5.26 Å². The Labute approximate surface area is 96.9 Å². The second-order valence-electron chi connectivity index (χ2n) is 3.78. The van der Waals surface area contributed by atoms with Crippen LogP contribution >= 0.6 is 0 Å². The van der Waals surface area contributed by atoms with Crippen molar-refractivity contribution >= 4 is 15.7 Å². The van der Waals surface area contributed by atoms with Crippen LogP contribution in [0.1, 0.15) is 18.4 Å². The topological polar surface area (TPSA) is 70.0 Å². The molecule has 2 rings (SSSR count). The van der Waals surface area contributed by atoms with Gasteiger partial charge in [-0.3, -0.25) is 4.72 Å². The minimum Gasteiger partial charge on any atom is -0.280 e. The molecule has 1 aliphatic rings. The van der Waals surface area contributed by atoms with E-state index in [9.17, 15) is 17.2 Å². The van der Waals surface area contributed by atoms with E-state index < -0.39 is 32.6 Å². The molecule has 7 heteroatoms. The smallest absolute Gasteiger partial charge is 0.235 e. The number of nitrogens with zero attached hydrogens (tertiary/aromatic N) is 1. The Morgan fingerprint density at radius 1 is 1.35 bits per heavy atom. The average Bonchev–Trinajstić information content (AvgIpc) is 3.07. The number of sulfonamides is 1. The van der Waals surface area contributed by atoms with Gasteiger partial charge in [-0.05, 0) is 25.0 Å². The first-order valence-corrected chi connectivity index (χ1v) is 6.39. The zero-order valence-corrected chi connectivity index (χ0v) is 9.39. The highest BCUT2D eigenvalue weighted by atomic mass is 32.2. The molecule has 0 spiro atoms. The van der Waals surface area contributed by atoms with Gasteiger partial charge in [-0.25, -0.2) is 17.2 Å². The number of benzene rings is 1. The van der Waals surface area contributed by atoms with Crippen molar-refractivity contribution in [3.63, 3.8) is 0 Å². The maximum absolute atomic E-state index is 13.3. The Bertz CT molecular complexity index is 603. The quantitative estimate of drug-likeness (QED) is 0.897. The third kappa shape index (κ3) is 2.36. The molecule has 1 aromatic rings. The summed E-state index contributed by atoms with van der Waals surface area (Å²) in [5, 5.41) is 8.04. The Morgan fingerprint density at radius 2 is 2.00 bits per heavy atom. The minimum absolute atomic E-state index is 0.141. The lowest BCUT2D eigenvalue weighted by Gasteiger charge is -2.08. The number of nitrogens with one attached hydrogen (secondary N) is 1. The lowest BCUT2D eigenvalue weighted by molar-refractivity contribution is 0.511. The highest BCUT2D eigenvalue weighted by molar-refractivity contribution is 7.93. The van der Waals surface area contributed by atoms with Gasteiger partial charge in [0.2, 0.25) is 10.0 Å². The van der Waals surface area contributed by atoms with Crippen LogP contribution in [-0.4, -0.2) is 13.7 Å². The molecule has 1 N–H and O–H groups in total. The number of halogens is 2. The number of nitriles is 1. The lowest BCUT2D eigenvalue weighted by Crippen LogP contribution is -2.18. The first-order valence-electron chi connectivity index (χ1n) is 4.85. The Balaban J connectivity index is 2.39. The summed E-state index contributed by atoms with van der Waals surface area (Å²) in [6.45, 7) is 0. The predicted octanol–water partition coefficient (Wildman–Crippen LogP) is 1.74. The van der Waals surface area contributed by atoms with Crippen molar-refractivity contribution in [3.05, 3.63) is 29.3 Å². The molecule has 0 radical (unpaired) electrons. The van der Waals surface area contributed by atoms with Gasteiger partial charge < -0.3 is 0 Å². The summed E-state index contributed by atoms with van der Waals surface area (Å²) in [5.74, 6) is -2.55. The van der Waals surface area contributed by atoms with Gasteiger partial charge >= 0.3 is 0 Å². The molecule has 0 heterocycles. The molecular formula is C10H8F2N2O2S. The molecule has 0 amide bonds. The summed E-state index contributed by atoms with van der Waals surface area (Å²) in [4.78, 5) is 0.